The molecule has 2 unspecified atom stereocenters. The van der Waals surface area contributed by atoms with E-state index < -0.39 is 11.7 Å². The van der Waals surface area contributed by atoms with Crippen LogP contribution in [-0.4, -0.2) is 17.7 Å². The molecule has 1 aromatic carbocycles. The third-order valence-electron chi connectivity index (χ3n) is 2.44. The zero-order valence-electron chi connectivity index (χ0n) is 12.6. The van der Waals surface area contributed by atoms with Crippen molar-refractivity contribution in [3.8, 4) is 0 Å². The minimum atomic E-state index is -0.518. The fraction of sp³-hybridized carbons (Fsp3) is 0.438. The van der Waals surface area contributed by atoms with E-state index in [0.29, 0.717) is 0 Å². The maximum Gasteiger partial charge on any atom is 0.408 e. The Morgan fingerprint density at radius 3 is 2.35 bits per heavy atom. The van der Waals surface area contributed by atoms with Crippen molar-refractivity contribution in [1.82, 2.24) is 5.32 Å². The van der Waals surface area contributed by atoms with Gasteiger partial charge in [-0.1, -0.05) is 42.5 Å². The zero-order valence-corrected chi connectivity index (χ0v) is 12.6. The van der Waals surface area contributed by atoms with Gasteiger partial charge in [-0.05, 0) is 33.3 Å². The third-order valence-corrected chi connectivity index (χ3v) is 2.44. The van der Waals surface area contributed by atoms with Crippen LogP contribution in [-0.2, 0) is 4.74 Å². The van der Waals surface area contributed by atoms with Crippen molar-refractivity contribution in [2.75, 3.05) is 0 Å². The predicted molar refractivity (Wildman–Crippen MR) is 81.3 cm³/mol. The first kappa shape index (κ1) is 16.2. The summed E-state index contributed by atoms with van der Waals surface area (Å²) in [7, 11) is 0. The molecule has 0 spiro atoms. The van der Waals surface area contributed by atoms with Crippen LogP contribution in [0.1, 0.15) is 39.3 Å². The average Bonchev–Trinajstić information content (AvgIpc) is 2.33. The third kappa shape index (κ3) is 6.38. The molecule has 4 heteroatoms. The molecule has 1 aromatic rings. The summed E-state index contributed by atoms with van der Waals surface area (Å²) in [6.45, 7) is 7.39. The maximum atomic E-state index is 11.9. The highest BCUT2D eigenvalue weighted by Crippen LogP contribution is 2.16. The van der Waals surface area contributed by atoms with E-state index in [1.807, 2.05) is 70.2 Å². The van der Waals surface area contributed by atoms with Crippen LogP contribution >= 0.6 is 0 Å². The first-order valence-corrected chi connectivity index (χ1v) is 6.76. The van der Waals surface area contributed by atoms with Gasteiger partial charge in [0.25, 0.3) is 0 Å². The first-order chi connectivity index (χ1) is 9.28. The van der Waals surface area contributed by atoms with Crippen molar-refractivity contribution in [1.29, 1.82) is 0 Å². The van der Waals surface area contributed by atoms with Gasteiger partial charge < -0.3 is 15.8 Å². The number of hydrogen-bond acceptors (Lipinski definition) is 3. The van der Waals surface area contributed by atoms with Gasteiger partial charge in [0.05, 0.1) is 6.04 Å². The first-order valence-electron chi connectivity index (χ1n) is 6.76. The van der Waals surface area contributed by atoms with E-state index in [-0.39, 0.29) is 12.1 Å². The summed E-state index contributed by atoms with van der Waals surface area (Å²) in [6, 6.07) is 9.38. The molecule has 0 bridgehead atoms. The number of rotatable bonds is 4. The summed E-state index contributed by atoms with van der Waals surface area (Å²) in [5, 5.41) is 2.84. The molecule has 0 saturated carbocycles. The highest BCUT2D eigenvalue weighted by atomic mass is 16.6. The van der Waals surface area contributed by atoms with Crippen molar-refractivity contribution in [3.05, 3.63) is 48.0 Å². The number of ether oxygens (including phenoxy) is 1. The number of hydrogen-bond donors (Lipinski definition) is 2. The second-order valence-electron chi connectivity index (χ2n) is 5.78. The molecule has 1 amide bonds. The summed E-state index contributed by atoms with van der Waals surface area (Å²) in [5.74, 6) is 0. The number of amides is 1. The molecule has 0 aromatic heterocycles. The molecule has 3 N–H and O–H groups in total. The van der Waals surface area contributed by atoms with Gasteiger partial charge >= 0.3 is 6.09 Å². The van der Waals surface area contributed by atoms with Crippen LogP contribution < -0.4 is 11.1 Å². The second-order valence-corrected chi connectivity index (χ2v) is 5.78. The number of nitrogens with one attached hydrogen (secondary N) is 1. The summed E-state index contributed by atoms with van der Waals surface area (Å²) < 4.78 is 5.28. The molecule has 1 rings (SSSR count). The monoisotopic (exact) mass is 276 g/mol. The van der Waals surface area contributed by atoms with Gasteiger partial charge in [-0.3, -0.25) is 0 Å². The van der Waals surface area contributed by atoms with E-state index in [4.69, 9.17) is 10.5 Å². The number of carbonyl (C=O) groups excluding carboxylic acids is 1. The Labute approximate surface area is 121 Å². The van der Waals surface area contributed by atoms with Gasteiger partial charge in [-0.15, -0.1) is 0 Å². The summed E-state index contributed by atoms with van der Waals surface area (Å²) in [5.41, 5.74) is 6.18. The lowest BCUT2D eigenvalue weighted by molar-refractivity contribution is 0.0514. The molecule has 4 nitrogen and oxygen atoms in total. The Bertz CT molecular complexity index is 447. The van der Waals surface area contributed by atoms with Gasteiger partial charge in [0.2, 0.25) is 0 Å². The summed E-state index contributed by atoms with van der Waals surface area (Å²) in [4.78, 5) is 11.9. The molecular formula is C16H24N2O2. The van der Waals surface area contributed by atoms with E-state index in [9.17, 15) is 4.79 Å². The van der Waals surface area contributed by atoms with E-state index in [1.54, 1.807) is 0 Å². The molecule has 2 atom stereocenters. The van der Waals surface area contributed by atoms with E-state index >= 15 is 0 Å². The highest BCUT2D eigenvalue weighted by Gasteiger charge is 2.19. The molecule has 0 aliphatic heterocycles. The lowest BCUT2D eigenvalue weighted by Gasteiger charge is -2.22. The number of alkyl carbamates (subject to hydrolysis) is 1. The van der Waals surface area contributed by atoms with Crippen molar-refractivity contribution in [2.24, 2.45) is 5.73 Å². The molecule has 0 radical (unpaired) electrons. The van der Waals surface area contributed by atoms with Crippen LogP contribution in [0.15, 0.2) is 42.5 Å². The minimum Gasteiger partial charge on any atom is -0.444 e. The smallest absolute Gasteiger partial charge is 0.408 e. The minimum absolute atomic E-state index is 0.0679. The van der Waals surface area contributed by atoms with Gasteiger partial charge in [0, 0.05) is 6.04 Å². The lowest BCUT2D eigenvalue weighted by Crippen LogP contribution is -2.34. The Kier molecular flexibility index (Phi) is 5.77. The summed E-state index contributed by atoms with van der Waals surface area (Å²) >= 11 is 0. The second kappa shape index (κ2) is 7.10. The van der Waals surface area contributed by atoms with Crippen LogP contribution in [0.5, 0.6) is 0 Å². The molecule has 0 aliphatic carbocycles. The standard InChI is InChI=1S/C16H24N2O2/c1-12(17)10-11-14(13-8-6-5-7-9-13)18-15(19)20-16(2,3)4/h5-12,14H,17H2,1-4H3,(H,18,19)/b11-10+. The van der Waals surface area contributed by atoms with Crippen LogP contribution in [0.2, 0.25) is 0 Å². The highest BCUT2D eigenvalue weighted by molar-refractivity contribution is 5.68. The van der Waals surface area contributed by atoms with Crippen molar-refractivity contribution in [2.45, 2.75) is 45.4 Å². The maximum absolute atomic E-state index is 11.9. The largest absolute Gasteiger partial charge is 0.444 e. The Balaban J connectivity index is 2.81. The van der Waals surface area contributed by atoms with Crippen molar-refractivity contribution < 1.29 is 9.53 Å². The van der Waals surface area contributed by atoms with Crippen molar-refractivity contribution in [3.63, 3.8) is 0 Å². The SMILES string of the molecule is CC(N)/C=C/C(NC(=O)OC(C)(C)C)c1ccccc1. The van der Waals surface area contributed by atoms with Crippen LogP contribution in [0, 0.1) is 0 Å². The lowest BCUT2D eigenvalue weighted by atomic mass is 10.1. The molecule has 110 valence electrons. The van der Waals surface area contributed by atoms with Crippen LogP contribution in [0.4, 0.5) is 4.79 Å². The van der Waals surface area contributed by atoms with E-state index in [0.717, 1.165) is 5.56 Å². The quantitative estimate of drug-likeness (QED) is 0.830. The fourth-order valence-corrected chi connectivity index (χ4v) is 1.62. The Morgan fingerprint density at radius 2 is 1.85 bits per heavy atom. The molecule has 0 fully saturated rings. The number of benzene rings is 1. The van der Waals surface area contributed by atoms with Gasteiger partial charge in [-0.2, -0.15) is 0 Å². The normalized spacial score (nSPS) is 14.8. The molecule has 20 heavy (non-hydrogen) atoms. The summed E-state index contributed by atoms with van der Waals surface area (Å²) in [6.07, 6.45) is 3.29. The average molecular weight is 276 g/mol. The fourth-order valence-electron chi connectivity index (χ4n) is 1.62. The van der Waals surface area contributed by atoms with Crippen LogP contribution in [0.3, 0.4) is 0 Å². The Morgan fingerprint density at radius 1 is 1.25 bits per heavy atom. The van der Waals surface area contributed by atoms with Gasteiger partial charge in [-0.25, -0.2) is 4.79 Å². The Hall–Kier alpha value is -1.81. The number of carbonyl (C=O) groups is 1. The van der Waals surface area contributed by atoms with Crippen LogP contribution in [0.25, 0.3) is 0 Å². The van der Waals surface area contributed by atoms with E-state index in [1.165, 1.54) is 0 Å². The molecule has 0 saturated heterocycles. The number of nitrogens with two attached hydrogens (primary N) is 1. The molecule has 0 aliphatic rings. The zero-order chi connectivity index (χ0) is 15.2. The van der Waals surface area contributed by atoms with Gasteiger partial charge in [0.15, 0.2) is 0 Å². The molecular weight excluding hydrogens is 252 g/mol. The predicted octanol–water partition coefficient (Wildman–Crippen LogP) is 3.16. The van der Waals surface area contributed by atoms with E-state index in [2.05, 4.69) is 5.32 Å². The van der Waals surface area contributed by atoms with Gasteiger partial charge in [0.1, 0.15) is 5.60 Å². The topological polar surface area (TPSA) is 64.3 Å². The van der Waals surface area contributed by atoms with Crippen molar-refractivity contribution >= 4 is 6.09 Å². The molecule has 0 heterocycles.